The lowest BCUT2D eigenvalue weighted by Gasteiger charge is -2.19. The van der Waals surface area contributed by atoms with Crippen molar-refractivity contribution < 1.29 is 9.59 Å². The van der Waals surface area contributed by atoms with Crippen LogP contribution >= 0.6 is 11.3 Å². The third-order valence-electron chi connectivity index (χ3n) is 6.35. The molecule has 0 aliphatic carbocycles. The number of fused-ring (bicyclic) bond motifs is 1. The Morgan fingerprint density at radius 1 is 1.29 bits per heavy atom. The number of hydrogen-bond donors (Lipinski definition) is 3. The first-order valence-corrected chi connectivity index (χ1v) is 12.0. The van der Waals surface area contributed by atoms with E-state index in [9.17, 15) is 14.4 Å². The largest absolute Gasteiger partial charge is 0.365 e. The summed E-state index contributed by atoms with van der Waals surface area (Å²) >= 11 is 1.25. The summed E-state index contributed by atoms with van der Waals surface area (Å²) in [7, 11) is 1.95. The van der Waals surface area contributed by atoms with E-state index in [1.54, 1.807) is 29.0 Å². The Kier molecular flexibility index (Phi) is 5.73. The summed E-state index contributed by atoms with van der Waals surface area (Å²) in [6.07, 6.45) is 5.39. The van der Waals surface area contributed by atoms with E-state index in [0.717, 1.165) is 13.0 Å². The Morgan fingerprint density at radius 3 is 2.77 bits per heavy atom. The van der Waals surface area contributed by atoms with Gasteiger partial charge in [0.05, 0.1) is 45.8 Å². The Hall–Kier alpha value is -3.83. The summed E-state index contributed by atoms with van der Waals surface area (Å²) in [5.41, 5.74) is 8.49. The summed E-state index contributed by atoms with van der Waals surface area (Å²) in [6, 6.07) is 5.07. The fraction of sp³-hybridized carbons (Fsp3) is 0.292. The second-order valence-electron chi connectivity index (χ2n) is 8.97. The number of pyridine rings is 2. The molecule has 2 atom stereocenters. The smallest absolute Gasteiger partial charge is 0.256 e. The van der Waals surface area contributed by atoms with Gasteiger partial charge >= 0.3 is 0 Å². The number of amides is 2. The van der Waals surface area contributed by atoms with Crippen molar-refractivity contribution in [2.24, 2.45) is 11.7 Å². The zero-order valence-corrected chi connectivity index (χ0v) is 20.3. The second-order valence-corrected chi connectivity index (χ2v) is 9.97. The van der Waals surface area contributed by atoms with Gasteiger partial charge in [0.2, 0.25) is 5.91 Å². The van der Waals surface area contributed by atoms with Crippen LogP contribution < -0.4 is 16.6 Å². The SMILES string of the molecule is Cc1ncc(NC(=O)[C@@H]2C[C@H](C)CN2C)cc1-c1c(-c2ccc[nH]c2=O)sc2c(C(N)=O)cnn12. The molecular weight excluding hydrogens is 466 g/mol. The summed E-state index contributed by atoms with van der Waals surface area (Å²) < 4.78 is 1.61. The van der Waals surface area contributed by atoms with Crippen LogP contribution in [0.4, 0.5) is 5.69 Å². The van der Waals surface area contributed by atoms with Crippen molar-refractivity contribution >= 4 is 33.7 Å². The van der Waals surface area contributed by atoms with Crippen LogP contribution in [-0.2, 0) is 4.79 Å². The van der Waals surface area contributed by atoms with Crippen molar-refractivity contribution in [2.75, 3.05) is 18.9 Å². The van der Waals surface area contributed by atoms with Crippen molar-refractivity contribution in [3.05, 3.63) is 58.4 Å². The summed E-state index contributed by atoms with van der Waals surface area (Å²) in [5.74, 6) is -0.238. The van der Waals surface area contributed by atoms with Gasteiger partial charge in [0.15, 0.2) is 0 Å². The number of nitrogens with zero attached hydrogens (tertiary/aromatic N) is 4. The predicted octanol–water partition coefficient (Wildman–Crippen LogP) is 2.50. The molecule has 4 N–H and O–H groups in total. The van der Waals surface area contributed by atoms with Crippen molar-refractivity contribution in [3.8, 4) is 21.7 Å². The Bertz CT molecular complexity index is 1520. The molecule has 10 nitrogen and oxygen atoms in total. The van der Waals surface area contributed by atoms with Gasteiger partial charge < -0.3 is 16.0 Å². The number of nitrogens with one attached hydrogen (secondary N) is 2. The molecule has 4 aromatic heterocycles. The van der Waals surface area contributed by atoms with E-state index in [2.05, 4.69) is 32.2 Å². The molecule has 1 aliphatic rings. The highest BCUT2D eigenvalue weighted by Crippen LogP contribution is 2.40. The fourth-order valence-electron chi connectivity index (χ4n) is 4.65. The number of H-pyrrole nitrogens is 1. The van der Waals surface area contributed by atoms with E-state index in [1.165, 1.54) is 17.5 Å². The van der Waals surface area contributed by atoms with Crippen molar-refractivity contribution in [1.82, 2.24) is 24.5 Å². The predicted molar refractivity (Wildman–Crippen MR) is 134 cm³/mol. The number of likely N-dealkylation sites (N-methyl/N-ethyl adjacent to an activating group) is 1. The van der Waals surface area contributed by atoms with Gasteiger partial charge in [-0.1, -0.05) is 6.92 Å². The number of likely N-dealkylation sites (tertiary alicyclic amines) is 1. The summed E-state index contributed by atoms with van der Waals surface area (Å²) in [5, 5.41) is 7.39. The minimum absolute atomic E-state index is 0.0845. The van der Waals surface area contributed by atoms with Gasteiger partial charge in [0.1, 0.15) is 4.83 Å². The number of primary amides is 1. The molecule has 1 aliphatic heterocycles. The lowest BCUT2D eigenvalue weighted by molar-refractivity contribution is -0.119. The molecule has 1 fully saturated rings. The third-order valence-corrected chi connectivity index (χ3v) is 7.55. The molecule has 180 valence electrons. The summed E-state index contributed by atoms with van der Waals surface area (Å²) in [6.45, 7) is 4.85. The molecule has 1 saturated heterocycles. The van der Waals surface area contributed by atoms with E-state index in [0.29, 0.717) is 43.8 Å². The highest BCUT2D eigenvalue weighted by Gasteiger charge is 2.32. The van der Waals surface area contributed by atoms with Crippen LogP contribution in [0.15, 0.2) is 41.6 Å². The monoisotopic (exact) mass is 491 g/mol. The molecule has 11 heteroatoms. The first-order chi connectivity index (χ1) is 16.7. The van der Waals surface area contributed by atoms with Crippen molar-refractivity contribution in [1.29, 1.82) is 0 Å². The molecule has 0 aromatic carbocycles. The molecule has 2 amide bonds. The van der Waals surface area contributed by atoms with Gasteiger partial charge in [-0.2, -0.15) is 5.10 Å². The minimum atomic E-state index is -0.605. The van der Waals surface area contributed by atoms with E-state index in [4.69, 9.17) is 5.73 Å². The number of aromatic amines is 1. The molecule has 0 radical (unpaired) electrons. The van der Waals surface area contributed by atoms with E-state index in [1.807, 2.05) is 20.0 Å². The van der Waals surface area contributed by atoms with Crippen molar-refractivity contribution in [2.45, 2.75) is 26.3 Å². The van der Waals surface area contributed by atoms with Gasteiger partial charge in [-0.15, -0.1) is 11.3 Å². The number of rotatable bonds is 5. The maximum atomic E-state index is 13.0. The molecule has 0 unspecified atom stereocenters. The molecule has 0 saturated carbocycles. The Morgan fingerprint density at radius 2 is 2.09 bits per heavy atom. The number of aromatic nitrogens is 4. The number of carbonyl (C=O) groups excluding carboxylic acids is 2. The fourth-order valence-corrected chi connectivity index (χ4v) is 5.90. The summed E-state index contributed by atoms with van der Waals surface area (Å²) in [4.78, 5) is 48.1. The second kappa shape index (κ2) is 8.75. The van der Waals surface area contributed by atoms with Crippen LogP contribution in [0, 0.1) is 12.8 Å². The molecule has 5 rings (SSSR count). The lowest BCUT2D eigenvalue weighted by Crippen LogP contribution is -2.37. The van der Waals surface area contributed by atoms with Crippen LogP contribution in [-0.4, -0.2) is 55.9 Å². The van der Waals surface area contributed by atoms with Crippen LogP contribution in [0.2, 0.25) is 0 Å². The molecule has 4 aromatic rings. The van der Waals surface area contributed by atoms with Crippen molar-refractivity contribution in [3.63, 3.8) is 0 Å². The third kappa shape index (κ3) is 4.02. The molecule has 35 heavy (non-hydrogen) atoms. The molecule has 5 heterocycles. The number of nitrogens with two attached hydrogens (primary N) is 1. The van der Waals surface area contributed by atoms with Gasteiger partial charge in [-0.05, 0) is 44.5 Å². The minimum Gasteiger partial charge on any atom is -0.365 e. The zero-order chi connectivity index (χ0) is 24.9. The van der Waals surface area contributed by atoms with Crippen LogP contribution in [0.3, 0.4) is 0 Å². The number of thiazole rings is 1. The molecule has 0 spiro atoms. The highest BCUT2D eigenvalue weighted by atomic mass is 32.1. The maximum Gasteiger partial charge on any atom is 0.256 e. The normalized spacial score (nSPS) is 18.3. The highest BCUT2D eigenvalue weighted by molar-refractivity contribution is 7.21. The average Bonchev–Trinajstić information content (AvgIpc) is 3.48. The topological polar surface area (TPSA) is 138 Å². The Balaban J connectivity index is 1.64. The van der Waals surface area contributed by atoms with E-state index < -0.39 is 5.91 Å². The van der Waals surface area contributed by atoms with Crippen LogP contribution in [0.1, 0.15) is 29.4 Å². The van der Waals surface area contributed by atoms with Crippen LogP contribution in [0.5, 0.6) is 0 Å². The number of anilines is 1. The van der Waals surface area contributed by atoms with Crippen LogP contribution in [0.25, 0.3) is 26.5 Å². The number of hydrogen-bond acceptors (Lipinski definition) is 7. The number of carbonyl (C=O) groups is 2. The average molecular weight is 492 g/mol. The first kappa shape index (κ1) is 22.9. The zero-order valence-electron chi connectivity index (χ0n) is 19.5. The maximum absolute atomic E-state index is 13.0. The molecule has 0 bridgehead atoms. The van der Waals surface area contributed by atoms with Gasteiger partial charge in [0.25, 0.3) is 11.5 Å². The Labute approximate surface area is 204 Å². The number of aryl methyl sites for hydroxylation is 1. The van der Waals surface area contributed by atoms with E-state index >= 15 is 0 Å². The van der Waals surface area contributed by atoms with E-state index in [-0.39, 0.29) is 23.1 Å². The van der Waals surface area contributed by atoms with Gasteiger partial charge in [-0.25, -0.2) is 4.52 Å². The van der Waals surface area contributed by atoms with Gasteiger partial charge in [-0.3, -0.25) is 24.3 Å². The quantitative estimate of drug-likeness (QED) is 0.392. The molecular formula is C24H25N7O3S. The lowest BCUT2D eigenvalue weighted by atomic mass is 10.1. The first-order valence-electron chi connectivity index (χ1n) is 11.2. The standard InChI is InChI=1S/C24H25N7O3S/c1-12-7-18(30(3)11-12)23(34)29-14-8-16(13(2)27-9-14)19-20(15-5-4-6-26-22(15)33)35-24-17(21(25)32)10-28-31(19)24/h4-6,8-10,12,18H,7,11H2,1-3H3,(H2,25,32)(H,26,33)(H,29,34)/t12-,18-/m0/s1. The van der Waals surface area contributed by atoms with Gasteiger partial charge in [0, 0.05) is 24.0 Å².